The van der Waals surface area contributed by atoms with Crippen LogP contribution >= 0.6 is 0 Å². The largest absolute Gasteiger partial charge is 0.593 e. The minimum atomic E-state index is -1.62. The third-order valence-electron chi connectivity index (χ3n) is 5.84. The van der Waals surface area contributed by atoms with Crippen molar-refractivity contribution in [3.05, 3.63) is 89.5 Å². The second-order valence-corrected chi connectivity index (χ2v) is 10.8. The maximum Gasteiger partial charge on any atom is 0.252 e. The Hall–Kier alpha value is -3.04. The number of nitrogens with one attached hydrogen (secondary N) is 1. The van der Waals surface area contributed by atoms with Crippen LogP contribution in [0, 0.1) is 12.8 Å². The van der Waals surface area contributed by atoms with Gasteiger partial charge in [-0.05, 0) is 49.1 Å². The number of amides is 1. The molecule has 3 aromatic rings. The molecule has 0 aromatic heterocycles. The van der Waals surface area contributed by atoms with E-state index < -0.39 is 29.4 Å². The normalized spacial score (nSPS) is 14.0. The van der Waals surface area contributed by atoms with E-state index in [9.17, 15) is 24.7 Å². The third kappa shape index (κ3) is 7.48. The van der Waals surface area contributed by atoms with Crippen LogP contribution in [0.15, 0.2) is 77.7 Å². The van der Waals surface area contributed by atoms with Crippen molar-refractivity contribution >= 4 is 17.3 Å². The number of hydrogen-bond donors (Lipinski definition) is 4. The lowest BCUT2D eigenvalue weighted by atomic mass is 9.99. The first-order chi connectivity index (χ1) is 17.2. The van der Waals surface area contributed by atoms with Gasteiger partial charge in [-0.15, -0.1) is 4.31 Å². The fraction of sp³-hybridized carbons (Fsp3) is 0.321. The molecule has 0 bridgehead atoms. The first kappa shape index (κ1) is 27.5. The number of aliphatic hydroxyl groups is 1. The van der Waals surface area contributed by atoms with Crippen LogP contribution in [0.1, 0.15) is 35.3 Å². The van der Waals surface area contributed by atoms with Crippen molar-refractivity contribution in [2.75, 3.05) is 13.1 Å². The SMILES string of the molecule is Cc1c(O)cccc1C(=O)N[C@@H](Cc1ccccc1)[C@H](O)CN(CC(C)C)[S+]([O-])c1cccc(O)c1. The molecule has 3 aromatic carbocycles. The summed E-state index contributed by atoms with van der Waals surface area (Å²) in [5, 5.41) is 34.1. The number of aromatic hydroxyl groups is 2. The fourth-order valence-electron chi connectivity index (χ4n) is 3.96. The van der Waals surface area contributed by atoms with Crippen LogP contribution in [0.25, 0.3) is 0 Å². The molecule has 3 rings (SSSR count). The lowest BCUT2D eigenvalue weighted by Gasteiger charge is -2.31. The summed E-state index contributed by atoms with van der Waals surface area (Å²) < 4.78 is 15.0. The molecule has 7 nitrogen and oxygen atoms in total. The molecule has 8 heteroatoms. The highest BCUT2D eigenvalue weighted by atomic mass is 32.2. The number of nitrogens with zero attached hydrogens (tertiary/aromatic N) is 1. The van der Waals surface area contributed by atoms with Crippen LogP contribution in [0.3, 0.4) is 0 Å². The van der Waals surface area contributed by atoms with Crippen LogP contribution < -0.4 is 5.32 Å². The van der Waals surface area contributed by atoms with Crippen molar-refractivity contribution in [2.45, 2.75) is 44.2 Å². The first-order valence-corrected chi connectivity index (χ1v) is 13.0. The number of phenols is 2. The highest BCUT2D eigenvalue weighted by molar-refractivity contribution is 7.89. The summed E-state index contributed by atoms with van der Waals surface area (Å²) in [5.41, 5.74) is 1.70. The molecule has 1 amide bonds. The summed E-state index contributed by atoms with van der Waals surface area (Å²) >= 11 is -1.62. The van der Waals surface area contributed by atoms with Gasteiger partial charge in [0, 0.05) is 23.7 Å². The Morgan fingerprint density at radius 1 is 1.00 bits per heavy atom. The zero-order valence-corrected chi connectivity index (χ0v) is 21.6. The summed E-state index contributed by atoms with van der Waals surface area (Å²) in [6, 6.07) is 19.8. The Morgan fingerprint density at radius 3 is 2.36 bits per heavy atom. The third-order valence-corrected chi connectivity index (χ3v) is 7.27. The van der Waals surface area contributed by atoms with E-state index in [1.807, 2.05) is 44.2 Å². The van der Waals surface area contributed by atoms with E-state index in [1.165, 1.54) is 18.2 Å². The van der Waals surface area contributed by atoms with E-state index in [1.54, 1.807) is 35.5 Å². The van der Waals surface area contributed by atoms with E-state index in [0.29, 0.717) is 29.0 Å². The molecule has 0 aliphatic heterocycles. The summed E-state index contributed by atoms with van der Waals surface area (Å²) in [6.07, 6.45) is -0.688. The van der Waals surface area contributed by atoms with Crippen LogP contribution in [-0.4, -0.2) is 55.3 Å². The summed E-state index contributed by atoms with van der Waals surface area (Å²) in [4.78, 5) is 13.6. The Morgan fingerprint density at radius 2 is 1.69 bits per heavy atom. The highest BCUT2D eigenvalue weighted by Gasteiger charge is 2.31. The van der Waals surface area contributed by atoms with Crippen LogP contribution in [0.4, 0.5) is 0 Å². The first-order valence-electron chi connectivity index (χ1n) is 11.9. The Bertz CT molecular complexity index is 1140. The number of carbonyl (C=O) groups is 1. The van der Waals surface area contributed by atoms with Gasteiger partial charge in [-0.1, -0.05) is 56.3 Å². The standard InChI is InChI=1S/C28H34N2O5S/c1-19(2)17-30(36(35)23-12-7-11-22(31)16-23)18-27(33)25(15-21-9-5-4-6-10-21)29-28(34)24-13-8-14-26(32)20(24)3/h4-14,16,19,25,27,31-33H,15,17-18H2,1-3H3,(H,29,34)/t25-,27+,36?/m0/s1. The number of phenolic OH excluding ortho intramolecular Hbond substituents is 2. The van der Waals surface area contributed by atoms with E-state index >= 15 is 0 Å². The van der Waals surface area contributed by atoms with Crippen LogP contribution in [0.2, 0.25) is 0 Å². The summed E-state index contributed by atoms with van der Waals surface area (Å²) in [5.74, 6) is -0.211. The Balaban J connectivity index is 1.85. The molecule has 0 aliphatic rings. The second kappa shape index (κ2) is 12.8. The molecule has 0 saturated carbocycles. The molecule has 0 saturated heterocycles. The molecule has 36 heavy (non-hydrogen) atoms. The Kier molecular flexibility index (Phi) is 9.78. The van der Waals surface area contributed by atoms with E-state index in [0.717, 1.165) is 5.56 Å². The number of carbonyl (C=O) groups excluding carboxylic acids is 1. The summed E-state index contributed by atoms with van der Waals surface area (Å²) in [7, 11) is 0. The second-order valence-electron chi connectivity index (χ2n) is 9.27. The monoisotopic (exact) mass is 510 g/mol. The molecule has 0 spiro atoms. The number of rotatable bonds is 11. The maximum absolute atomic E-state index is 13.4. The lowest BCUT2D eigenvalue weighted by molar-refractivity contribution is 0.0775. The van der Waals surface area contributed by atoms with Crippen molar-refractivity contribution in [1.29, 1.82) is 0 Å². The molecule has 0 heterocycles. The average molecular weight is 511 g/mol. The van der Waals surface area contributed by atoms with Gasteiger partial charge in [0.2, 0.25) is 0 Å². The molecule has 0 aliphatic carbocycles. The van der Waals surface area contributed by atoms with Crippen LogP contribution in [0.5, 0.6) is 11.5 Å². The number of hydrogen-bond acceptors (Lipinski definition) is 6. The molecular formula is C28H34N2O5S. The minimum absolute atomic E-state index is 0.0154. The molecule has 0 radical (unpaired) electrons. The average Bonchev–Trinajstić information content (AvgIpc) is 2.84. The molecule has 4 N–H and O–H groups in total. The van der Waals surface area contributed by atoms with Gasteiger partial charge in [-0.3, -0.25) is 4.79 Å². The van der Waals surface area contributed by atoms with Crippen molar-refractivity contribution in [3.8, 4) is 11.5 Å². The van der Waals surface area contributed by atoms with Gasteiger partial charge in [0.15, 0.2) is 4.90 Å². The quantitative estimate of drug-likeness (QED) is 0.292. The van der Waals surface area contributed by atoms with Gasteiger partial charge >= 0.3 is 0 Å². The minimum Gasteiger partial charge on any atom is -0.593 e. The Labute approximate surface area is 215 Å². The molecule has 0 fully saturated rings. The van der Waals surface area contributed by atoms with E-state index in [-0.39, 0.29) is 24.0 Å². The van der Waals surface area contributed by atoms with Gasteiger partial charge in [0.1, 0.15) is 11.5 Å². The fourth-order valence-corrected chi connectivity index (χ4v) is 5.40. The molecule has 3 atom stereocenters. The zero-order chi connectivity index (χ0) is 26.2. The highest BCUT2D eigenvalue weighted by Crippen LogP contribution is 2.23. The maximum atomic E-state index is 13.4. The zero-order valence-electron chi connectivity index (χ0n) is 20.8. The molecule has 192 valence electrons. The smallest absolute Gasteiger partial charge is 0.252 e. The summed E-state index contributed by atoms with van der Waals surface area (Å²) in [6.45, 7) is 6.13. The lowest BCUT2D eigenvalue weighted by Crippen LogP contribution is -2.51. The van der Waals surface area contributed by atoms with Crippen LogP contribution in [-0.2, 0) is 17.8 Å². The van der Waals surface area contributed by atoms with Crippen molar-refractivity contribution < 1.29 is 24.7 Å². The van der Waals surface area contributed by atoms with E-state index in [4.69, 9.17) is 0 Å². The van der Waals surface area contributed by atoms with Gasteiger partial charge in [0.25, 0.3) is 5.91 Å². The van der Waals surface area contributed by atoms with Crippen molar-refractivity contribution in [2.24, 2.45) is 5.92 Å². The van der Waals surface area contributed by atoms with E-state index in [2.05, 4.69) is 5.32 Å². The van der Waals surface area contributed by atoms with Crippen molar-refractivity contribution in [3.63, 3.8) is 0 Å². The van der Waals surface area contributed by atoms with Gasteiger partial charge in [-0.25, -0.2) is 0 Å². The topological polar surface area (TPSA) is 116 Å². The number of benzene rings is 3. The van der Waals surface area contributed by atoms with Gasteiger partial charge < -0.3 is 25.2 Å². The van der Waals surface area contributed by atoms with Gasteiger partial charge in [0.05, 0.1) is 30.1 Å². The molecular weight excluding hydrogens is 476 g/mol. The molecule has 1 unspecified atom stereocenters. The number of aliphatic hydroxyl groups excluding tert-OH is 1. The predicted octanol–water partition coefficient (Wildman–Crippen LogP) is 3.79. The predicted molar refractivity (Wildman–Crippen MR) is 141 cm³/mol. The van der Waals surface area contributed by atoms with Gasteiger partial charge in [-0.2, -0.15) is 0 Å². The van der Waals surface area contributed by atoms with Crippen molar-refractivity contribution in [1.82, 2.24) is 9.62 Å².